The first kappa shape index (κ1) is 13.7. The van der Waals surface area contributed by atoms with Gasteiger partial charge >= 0.3 is 0 Å². The third-order valence-electron chi connectivity index (χ3n) is 3.23. The number of hydrogen-bond acceptors (Lipinski definition) is 4. The van der Waals surface area contributed by atoms with Crippen LogP contribution in [0.5, 0.6) is 5.75 Å². The van der Waals surface area contributed by atoms with Gasteiger partial charge in [-0.1, -0.05) is 6.92 Å². The Labute approximate surface area is 113 Å². The van der Waals surface area contributed by atoms with E-state index in [1.807, 2.05) is 24.7 Å². The van der Waals surface area contributed by atoms with E-state index < -0.39 is 0 Å². The van der Waals surface area contributed by atoms with Crippen LogP contribution in [-0.4, -0.2) is 23.9 Å². The summed E-state index contributed by atoms with van der Waals surface area (Å²) in [6.07, 6.45) is 4.49. The fourth-order valence-electron chi connectivity index (χ4n) is 2.29. The van der Waals surface area contributed by atoms with Crippen LogP contribution in [0.15, 0.2) is 22.9 Å². The van der Waals surface area contributed by atoms with Crippen molar-refractivity contribution in [2.75, 3.05) is 14.2 Å². The summed E-state index contributed by atoms with van der Waals surface area (Å²) < 4.78 is 13.0. The van der Waals surface area contributed by atoms with Gasteiger partial charge in [-0.2, -0.15) is 5.10 Å². The van der Waals surface area contributed by atoms with E-state index in [0.717, 1.165) is 35.7 Å². The number of aromatic nitrogens is 2. The number of aryl methyl sites for hydroxylation is 2. The lowest BCUT2D eigenvalue weighted by molar-refractivity contribution is 0.386. The first-order valence-corrected chi connectivity index (χ1v) is 6.53. The molecule has 1 atom stereocenters. The molecule has 1 N–H and O–H groups in total. The summed E-state index contributed by atoms with van der Waals surface area (Å²) in [5.41, 5.74) is 2.12. The highest BCUT2D eigenvalue weighted by molar-refractivity contribution is 5.35. The van der Waals surface area contributed by atoms with Gasteiger partial charge in [-0.25, -0.2) is 0 Å². The Morgan fingerprint density at radius 1 is 1.53 bits per heavy atom. The van der Waals surface area contributed by atoms with Crippen molar-refractivity contribution in [3.8, 4) is 5.75 Å². The molecule has 104 valence electrons. The van der Waals surface area contributed by atoms with Gasteiger partial charge in [-0.3, -0.25) is 4.68 Å². The minimum absolute atomic E-state index is 0.0565. The molecule has 0 aliphatic heterocycles. The Kier molecular flexibility index (Phi) is 4.27. The van der Waals surface area contributed by atoms with Crippen LogP contribution in [0.2, 0.25) is 0 Å². The second-order valence-electron chi connectivity index (χ2n) is 4.51. The first-order valence-electron chi connectivity index (χ1n) is 6.53. The maximum absolute atomic E-state index is 5.61. The Bertz CT molecular complexity index is 531. The van der Waals surface area contributed by atoms with Crippen LogP contribution in [0.3, 0.4) is 0 Å². The van der Waals surface area contributed by atoms with Crippen LogP contribution in [-0.2, 0) is 6.54 Å². The molecule has 0 aliphatic carbocycles. The van der Waals surface area contributed by atoms with E-state index >= 15 is 0 Å². The lowest BCUT2D eigenvalue weighted by Gasteiger charge is -2.18. The topological polar surface area (TPSA) is 52.2 Å². The third-order valence-corrected chi connectivity index (χ3v) is 3.23. The highest BCUT2D eigenvalue weighted by Gasteiger charge is 2.25. The zero-order valence-electron chi connectivity index (χ0n) is 11.9. The molecular formula is C14H21N3O2. The summed E-state index contributed by atoms with van der Waals surface area (Å²) in [6.45, 7) is 5.03. The van der Waals surface area contributed by atoms with E-state index in [9.17, 15) is 0 Å². The molecule has 2 rings (SSSR count). The number of hydrogen-bond donors (Lipinski definition) is 1. The summed E-state index contributed by atoms with van der Waals surface area (Å²) in [5, 5.41) is 7.68. The predicted octanol–water partition coefficient (Wildman–Crippen LogP) is 2.51. The van der Waals surface area contributed by atoms with Gasteiger partial charge in [0.05, 0.1) is 19.6 Å². The van der Waals surface area contributed by atoms with Crippen molar-refractivity contribution in [1.29, 1.82) is 0 Å². The first-order chi connectivity index (χ1) is 9.22. The summed E-state index contributed by atoms with van der Waals surface area (Å²) in [4.78, 5) is 0. The maximum atomic E-state index is 5.61. The number of nitrogens with one attached hydrogen (secondary N) is 1. The minimum Gasteiger partial charge on any atom is -0.493 e. The Hall–Kier alpha value is -1.75. The van der Waals surface area contributed by atoms with Crippen molar-refractivity contribution in [2.24, 2.45) is 0 Å². The molecular weight excluding hydrogens is 242 g/mol. The lowest BCUT2D eigenvalue weighted by Crippen LogP contribution is -2.22. The van der Waals surface area contributed by atoms with Crippen molar-refractivity contribution in [3.05, 3.63) is 35.5 Å². The highest BCUT2D eigenvalue weighted by Crippen LogP contribution is 2.31. The van der Waals surface area contributed by atoms with Gasteiger partial charge in [0.2, 0.25) is 0 Å². The van der Waals surface area contributed by atoms with Gasteiger partial charge in [-0.15, -0.1) is 0 Å². The van der Waals surface area contributed by atoms with E-state index in [0.29, 0.717) is 0 Å². The van der Waals surface area contributed by atoms with Crippen LogP contribution in [0.1, 0.15) is 36.4 Å². The van der Waals surface area contributed by atoms with Crippen LogP contribution in [0.4, 0.5) is 0 Å². The molecule has 0 radical (unpaired) electrons. The molecule has 0 bridgehead atoms. The highest BCUT2D eigenvalue weighted by atomic mass is 16.5. The van der Waals surface area contributed by atoms with Crippen molar-refractivity contribution in [1.82, 2.24) is 15.1 Å². The summed E-state index contributed by atoms with van der Waals surface area (Å²) >= 11 is 0. The average Bonchev–Trinajstić information content (AvgIpc) is 3.00. The van der Waals surface area contributed by atoms with E-state index in [1.54, 1.807) is 19.6 Å². The molecule has 0 fully saturated rings. The fourth-order valence-corrected chi connectivity index (χ4v) is 2.29. The van der Waals surface area contributed by atoms with Gasteiger partial charge in [0.15, 0.2) is 5.75 Å². The standard InChI is InChI=1S/C14H21N3O2/c1-5-7-17-13(11(18-4)9-16-17)12(15-3)14-10(2)6-8-19-14/h6,8-9,12,15H,5,7H2,1-4H3. The van der Waals surface area contributed by atoms with E-state index in [4.69, 9.17) is 9.15 Å². The van der Waals surface area contributed by atoms with Crippen molar-refractivity contribution < 1.29 is 9.15 Å². The Balaban J connectivity index is 2.48. The normalized spacial score (nSPS) is 12.6. The summed E-state index contributed by atoms with van der Waals surface area (Å²) in [7, 11) is 3.58. The van der Waals surface area contributed by atoms with Crippen molar-refractivity contribution in [2.45, 2.75) is 32.9 Å². The quantitative estimate of drug-likeness (QED) is 0.870. The van der Waals surface area contributed by atoms with E-state index in [2.05, 4.69) is 17.3 Å². The second-order valence-corrected chi connectivity index (χ2v) is 4.51. The molecule has 0 aliphatic rings. The molecule has 0 spiro atoms. The van der Waals surface area contributed by atoms with Crippen LogP contribution >= 0.6 is 0 Å². The molecule has 0 saturated carbocycles. The third kappa shape index (κ3) is 2.51. The molecule has 0 aromatic carbocycles. The molecule has 5 nitrogen and oxygen atoms in total. The van der Waals surface area contributed by atoms with Crippen molar-refractivity contribution in [3.63, 3.8) is 0 Å². The maximum Gasteiger partial charge on any atom is 0.162 e. The lowest BCUT2D eigenvalue weighted by atomic mass is 10.1. The largest absolute Gasteiger partial charge is 0.493 e. The SMILES string of the molecule is CCCn1ncc(OC)c1C(NC)c1occc1C. The zero-order valence-corrected chi connectivity index (χ0v) is 11.9. The van der Waals surface area contributed by atoms with Gasteiger partial charge in [-0.05, 0) is 32.0 Å². The zero-order chi connectivity index (χ0) is 13.8. The fraction of sp³-hybridized carbons (Fsp3) is 0.500. The average molecular weight is 263 g/mol. The molecule has 2 heterocycles. The molecule has 1 unspecified atom stereocenters. The van der Waals surface area contributed by atoms with Crippen LogP contribution in [0.25, 0.3) is 0 Å². The Morgan fingerprint density at radius 2 is 2.32 bits per heavy atom. The smallest absolute Gasteiger partial charge is 0.162 e. The van der Waals surface area contributed by atoms with Crippen molar-refractivity contribution >= 4 is 0 Å². The van der Waals surface area contributed by atoms with Gasteiger partial charge in [0, 0.05) is 6.54 Å². The predicted molar refractivity (Wildman–Crippen MR) is 73.4 cm³/mol. The van der Waals surface area contributed by atoms with Gasteiger partial charge < -0.3 is 14.5 Å². The number of furan rings is 1. The number of ether oxygens (including phenoxy) is 1. The number of rotatable bonds is 6. The molecule has 0 amide bonds. The van der Waals surface area contributed by atoms with E-state index in [1.165, 1.54) is 0 Å². The van der Waals surface area contributed by atoms with Crippen LogP contribution < -0.4 is 10.1 Å². The number of methoxy groups -OCH3 is 1. The molecule has 0 saturated heterocycles. The van der Waals surface area contributed by atoms with Gasteiger partial charge in [0.25, 0.3) is 0 Å². The molecule has 2 aromatic heterocycles. The van der Waals surface area contributed by atoms with Gasteiger partial charge in [0.1, 0.15) is 17.5 Å². The number of nitrogens with zero attached hydrogens (tertiary/aromatic N) is 2. The van der Waals surface area contributed by atoms with Crippen LogP contribution in [0, 0.1) is 6.92 Å². The molecule has 5 heteroatoms. The summed E-state index contributed by atoms with van der Waals surface area (Å²) in [5.74, 6) is 1.68. The molecule has 2 aromatic rings. The minimum atomic E-state index is -0.0565. The molecule has 19 heavy (non-hydrogen) atoms. The van der Waals surface area contributed by atoms with E-state index in [-0.39, 0.29) is 6.04 Å². The second kappa shape index (κ2) is 5.93. The summed E-state index contributed by atoms with van der Waals surface area (Å²) in [6, 6.07) is 1.91. The Morgan fingerprint density at radius 3 is 2.84 bits per heavy atom. The monoisotopic (exact) mass is 263 g/mol.